The molecule has 0 aliphatic carbocycles. The third-order valence-corrected chi connectivity index (χ3v) is 5.64. The van der Waals surface area contributed by atoms with Crippen molar-refractivity contribution in [3.8, 4) is 10.6 Å². The fraction of sp³-hybridized carbons (Fsp3) is 0.250. The maximum Gasteiger partial charge on any atom is 0.336 e. The lowest BCUT2D eigenvalue weighted by Gasteiger charge is -2.28. The van der Waals surface area contributed by atoms with Crippen LogP contribution in [-0.2, 0) is 19.1 Å². The number of thiazole rings is 1. The molecule has 1 aliphatic heterocycles. The van der Waals surface area contributed by atoms with E-state index in [0.29, 0.717) is 33.3 Å². The number of nitrogens with one attached hydrogen (secondary N) is 1. The van der Waals surface area contributed by atoms with Crippen LogP contribution in [0.5, 0.6) is 0 Å². The minimum absolute atomic E-state index is 0.335. The number of carbonyl (C=O) groups excluding carboxylic acids is 2. The van der Waals surface area contributed by atoms with Crippen molar-refractivity contribution in [1.82, 2.24) is 10.3 Å². The Kier molecular flexibility index (Phi) is 5.86. The summed E-state index contributed by atoms with van der Waals surface area (Å²) in [4.78, 5) is 29.7. The molecule has 0 atom stereocenters. The second kappa shape index (κ2) is 8.16. The van der Waals surface area contributed by atoms with Crippen LogP contribution in [0.3, 0.4) is 0 Å². The minimum Gasteiger partial charge on any atom is -0.466 e. The normalized spacial score (nSPS) is 14.8. The van der Waals surface area contributed by atoms with Gasteiger partial charge in [0, 0.05) is 27.4 Å². The van der Waals surface area contributed by atoms with Crippen LogP contribution in [0.15, 0.2) is 52.2 Å². The predicted molar refractivity (Wildman–Crippen MR) is 108 cm³/mol. The highest BCUT2D eigenvalue weighted by Gasteiger charge is 2.39. The van der Waals surface area contributed by atoms with Gasteiger partial charge in [-0.2, -0.15) is 0 Å². The van der Waals surface area contributed by atoms with E-state index >= 15 is 0 Å². The van der Waals surface area contributed by atoms with Crippen molar-refractivity contribution in [3.05, 3.63) is 62.9 Å². The summed E-state index contributed by atoms with van der Waals surface area (Å²) in [6.45, 7) is 3.53. The molecule has 0 radical (unpaired) electrons. The summed E-state index contributed by atoms with van der Waals surface area (Å²) < 4.78 is 9.93. The molecule has 2 heterocycles. The van der Waals surface area contributed by atoms with Crippen LogP contribution in [-0.4, -0.2) is 31.1 Å². The molecule has 3 rings (SSSR count). The minimum atomic E-state index is -0.682. The van der Waals surface area contributed by atoms with Gasteiger partial charge in [0.25, 0.3) is 0 Å². The SMILES string of the molecule is COC(=O)C1=C(C)NC(C)=C(C(=O)OC)C1c1csc(-c2ccc(Cl)cc2)n1. The van der Waals surface area contributed by atoms with Gasteiger partial charge < -0.3 is 14.8 Å². The molecule has 0 unspecified atom stereocenters. The lowest BCUT2D eigenvalue weighted by atomic mass is 9.83. The molecule has 1 aromatic heterocycles. The van der Waals surface area contributed by atoms with E-state index in [-0.39, 0.29) is 0 Å². The number of aromatic nitrogens is 1. The van der Waals surface area contributed by atoms with Gasteiger partial charge in [-0.3, -0.25) is 0 Å². The third-order valence-electron chi connectivity index (χ3n) is 4.48. The van der Waals surface area contributed by atoms with Gasteiger partial charge in [0.1, 0.15) is 5.01 Å². The molecule has 0 bridgehead atoms. The Balaban J connectivity index is 2.13. The number of esters is 2. The van der Waals surface area contributed by atoms with Crippen molar-refractivity contribution < 1.29 is 19.1 Å². The van der Waals surface area contributed by atoms with Crippen molar-refractivity contribution in [3.63, 3.8) is 0 Å². The van der Waals surface area contributed by atoms with Crippen LogP contribution >= 0.6 is 22.9 Å². The summed E-state index contributed by atoms with van der Waals surface area (Å²) in [5.41, 5.74) is 3.38. The molecule has 146 valence electrons. The number of nitrogens with zero attached hydrogens (tertiary/aromatic N) is 1. The van der Waals surface area contributed by atoms with Gasteiger partial charge in [-0.15, -0.1) is 11.3 Å². The van der Waals surface area contributed by atoms with E-state index in [1.54, 1.807) is 26.0 Å². The lowest BCUT2D eigenvalue weighted by Crippen LogP contribution is -2.32. The van der Waals surface area contributed by atoms with Gasteiger partial charge in [0.05, 0.1) is 37.0 Å². The van der Waals surface area contributed by atoms with Crippen LogP contribution in [0.1, 0.15) is 25.5 Å². The van der Waals surface area contributed by atoms with Crippen molar-refractivity contribution in [1.29, 1.82) is 0 Å². The Morgan fingerprint density at radius 1 is 1.04 bits per heavy atom. The van der Waals surface area contributed by atoms with Crippen LogP contribution < -0.4 is 5.32 Å². The molecule has 0 saturated heterocycles. The maximum absolute atomic E-state index is 12.5. The number of ether oxygens (including phenoxy) is 2. The number of carbonyl (C=O) groups is 2. The number of benzene rings is 1. The number of hydrogen-bond donors (Lipinski definition) is 1. The highest BCUT2D eigenvalue weighted by molar-refractivity contribution is 7.13. The molecule has 1 aliphatic rings. The first-order valence-electron chi connectivity index (χ1n) is 8.44. The first-order valence-corrected chi connectivity index (χ1v) is 9.69. The topological polar surface area (TPSA) is 77.5 Å². The smallest absolute Gasteiger partial charge is 0.336 e. The Hall–Kier alpha value is -2.64. The standard InChI is InChI=1S/C20H19ClN2O4S/c1-10-15(19(24)26-3)17(16(11(2)22-10)20(25)27-4)14-9-28-18(23-14)12-5-7-13(21)8-6-12/h5-9,17,22H,1-4H3. The highest BCUT2D eigenvalue weighted by atomic mass is 35.5. The molecule has 2 aromatic rings. The number of rotatable bonds is 4. The third kappa shape index (κ3) is 3.68. The zero-order chi connectivity index (χ0) is 20.4. The van der Waals surface area contributed by atoms with E-state index in [4.69, 9.17) is 26.1 Å². The number of halogens is 1. The molecule has 0 amide bonds. The second-order valence-electron chi connectivity index (χ2n) is 6.20. The van der Waals surface area contributed by atoms with Crippen LogP contribution in [0.2, 0.25) is 5.02 Å². The summed E-state index contributed by atoms with van der Waals surface area (Å²) in [6.07, 6.45) is 0. The summed E-state index contributed by atoms with van der Waals surface area (Å²) in [6, 6.07) is 7.32. The average molecular weight is 419 g/mol. The Morgan fingerprint density at radius 3 is 2.07 bits per heavy atom. The van der Waals surface area contributed by atoms with Gasteiger partial charge in [-0.05, 0) is 26.0 Å². The Labute approximate surface area is 171 Å². The quantitative estimate of drug-likeness (QED) is 0.755. The molecule has 0 fully saturated rings. The largest absolute Gasteiger partial charge is 0.466 e. The molecular formula is C20H19ClN2O4S. The molecule has 8 heteroatoms. The van der Waals surface area contributed by atoms with Crippen molar-refractivity contribution in [2.75, 3.05) is 14.2 Å². The second-order valence-corrected chi connectivity index (χ2v) is 7.50. The number of methoxy groups -OCH3 is 2. The van der Waals surface area contributed by atoms with E-state index in [0.717, 1.165) is 10.6 Å². The number of dihydropyridines is 1. The number of allylic oxidation sites excluding steroid dienone is 2. The van der Waals surface area contributed by atoms with Gasteiger partial charge in [-0.25, -0.2) is 14.6 Å². The highest BCUT2D eigenvalue weighted by Crippen LogP contribution is 2.40. The van der Waals surface area contributed by atoms with E-state index in [1.807, 2.05) is 17.5 Å². The van der Waals surface area contributed by atoms with Crippen LogP contribution in [0.4, 0.5) is 0 Å². The van der Waals surface area contributed by atoms with Crippen LogP contribution in [0.25, 0.3) is 10.6 Å². The van der Waals surface area contributed by atoms with E-state index in [1.165, 1.54) is 25.6 Å². The maximum atomic E-state index is 12.5. The zero-order valence-corrected chi connectivity index (χ0v) is 17.4. The molecule has 6 nitrogen and oxygen atoms in total. The average Bonchev–Trinajstić information content (AvgIpc) is 3.16. The van der Waals surface area contributed by atoms with Crippen LogP contribution in [0, 0.1) is 0 Å². The van der Waals surface area contributed by atoms with E-state index < -0.39 is 17.9 Å². The Bertz CT molecular complexity index is 954. The summed E-state index contributed by atoms with van der Waals surface area (Å²) >= 11 is 7.38. The number of hydrogen-bond acceptors (Lipinski definition) is 7. The van der Waals surface area contributed by atoms with Gasteiger partial charge in [-0.1, -0.05) is 23.7 Å². The first-order chi connectivity index (χ1) is 13.4. The van der Waals surface area contributed by atoms with Gasteiger partial charge >= 0.3 is 11.9 Å². The first kappa shape index (κ1) is 20.1. The molecule has 0 saturated carbocycles. The molecule has 1 aromatic carbocycles. The summed E-state index contributed by atoms with van der Waals surface area (Å²) in [5, 5.41) is 6.31. The lowest BCUT2D eigenvalue weighted by molar-refractivity contribution is -0.137. The molecule has 28 heavy (non-hydrogen) atoms. The van der Waals surface area contributed by atoms with E-state index in [2.05, 4.69) is 5.32 Å². The van der Waals surface area contributed by atoms with Gasteiger partial charge in [0.15, 0.2) is 0 Å². The fourth-order valence-corrected chi connectivity index (χ4v) is 4.17. The summed E-state index contributed by atoms with van der Waals surface area (Å²) in [5.74, 6) is -1.73. The fourth-order valence-electron chi connectivity index (χ4n) is 3.19. The molecule has 1 N–H and O–H groups in total. The van der Waals surface area contributed by atoms with E-state index in [9.17, 15) is 9.59 Å². The molecule has 0 spiro atoms. The molecular weight excluding hydrogens is 400 g/mol. The summed E-state index contributed by atoms with van der Waals surface area (Å²) in [7, 11) is 2.62. The predicted octanol–water partition coefficient (Wildman–Crippen LogP) is 4.04. The Morgan fingerprint density at radius 2 is 1.57 bits per heavy atom. The van der Waals surface area contributed by atoms with Crippen molar-refractivity contribution in [2.45, 2.75) is 19.8 Å². The monoisotopic (exact) mass is 418 g/mol. The van der Waals surface area contributed by atoms with Crippen molar-refractivity contribution in [2.24, 2.45) is 0 Å². The van der Waals surface area contributed by atoms with Crippen molar-refractivity contribution >= 4 is 34.9 Å². The zero-order valence-electron chi connectivity index (χ0n) is 15.8. The van der Waals surface area contributed by atoms with Gasteiger partial charge in [0.2, 0.25) is 0 Å².